The summed E-state index contributed by atoms with van der Waals surface area (Å²) in [6, 6.07) is 3.88. The molecule has 0 radical (unpaired) electrons. The molecule has 0 aliphatic rings. The first-order chi connectivity index (χ1) is 7.15. The molecule has 0 aliphatic heterocycles. The van der Waals surface area contributed by atoms with Gasteiger partial charge in [-0.05, 0) is 17.5 Å². The van der Waals surface area contributed by atoms with E-state index in [2.05, 4.69) is 13.8 Å². The lowest BCUT2D eigenvalue weighted by Gasteiger charge is -2.18. The van der Waals surface area contributed by atoms with Crippen LogP contribution in [0.1, 0.15) is 30.9 Å². The summed E-state index contributed by atoms with van der Waals surface area (Å²) in [4.78, 5) is 0. The molecule has 0 aliphatic carbocycles. The topological polar surface area (TPSA) is 18.5 Å². The molecule has 15 heavy (non-hydrogen) atoms. The van der Waals surface area contributed by atoms with E-state index in [9.17, 15) is 0 Å². The third-order valence-electron chi connectivity index (χ3n) is 2.40. The molecule has 0 N–H and O–H groups in total. The first-order valence-electron chi connectivity index (χ1n) is 4.95. The maximum absolute atomic E-state index is 5.90. The van der Waals surface area contributed by atoms with Crippen molar-refractivity contribution in [2.45, 2.75) is 25.6 Å². The number of methoxy groups -OCH3 is 2. The van der Waals surface area contributed by atoms with Crippen LogP contribution in [0.25, 0.3) is 0 Å². The van der Waals surface area contributed by atoms with Crippen molar-refractivity contribution < 1.29 is 9.47 Å². The normalized spacial score (nSPS) is 10.5. The molecule has 84 valence electrons. The van der Waals surface area contributed by atoms with E-state index in [4.69, 9.17) is 21.1 Å². The second-order valence-electron chi connectivity index (χ2n) is 3.66. The zero-order chi connectivity index (χ0) is 11.4. The molecule has 1 rings (SSSR count). The van der Waals surface area contributed by atoms with Crippen LogP contribution < -0.4 is 9.47 Å². The Balaban J connectivity index is 3.37. The van der Waals surface area contributed by atoms with E-state index in [-0.39, 0.29) is 0 Å². The van der Waals surface area contributed by atoms with Gasteiger partial charge in [-0.2, -0.15) is 0 Å². The first kappa shape index (κ1) is 12.2. The van der Waals surface area contributed by atoms with Gasteiger partial charge in [0.1, 0.15) is 0 Å². The summed E-state index contributed by atoms with van der Waals surface area (Å²) in [5.41, 5.74) is 2.23. The number of hydrogen-bond acceptors (Lipinski definition) is 2. The summed E-state index contributed by atoms with van der Waals surface area (Å²) >= 11 is 5.90. The van der Waals surface area contributed by atoms with Crippen molar-refractivity contribution in [2.24, 2.45) is 0 Å². The van der Waals surface area contributed by atoms with Crippen LogP contribution in [0, 0.1) is 0 Å². The molecule has 0 aromatic heterocycles. The molecule has 0 unspecified atom stereocenters. The van der Waals surface area contributed by atoms with Gasteiger partial charge >= 0.3 is 0 Å². The van der Waals surface area contributed by atoms with Crippen molar-refractivity contribution in [1.29, 1.82) is 0 Å². The number of alkyl halides is 1. The lowest BCUT2D eigenvalue weighted by atomic mass is 9.96. The molecule has 0 atom stereocenters. The van der Waals surface area contributed by atoms with Crippen LogP contribution >= 0.6 is 11.6 Å². The second kappa shape index (κ2) is 5.26. The van der Waals surface area contributed by atoms with Crippen molar-refractivity contribution in [2.75, 3.05) is 14.2 Å². The average molecular weight is 229 g/mol. The molecule has 0 heterocycles. The number of ether oxygens (including phenoxy) is 2. The predicted octanol–water partition coefficient (Wildman–Crippen LogP) is 3.57. The Labute approximate surface area is 96.2 Å². The van der Waals surface area contributed by atoms with Crippen LogP contribution in [0.4, 0.5) is 0 Å². The Morgan fingerprint density at radius 3 is 2.27 bits per heavy atom. The Bertz CT molecular complexity index is 335. The minimum atomic E-state index is 0.365. The highest BCUT2D eigenvalue weighted by atomic mass is 35.5. The van der Waals surface area contributed by atoms with Crippen molar-refractivity contribution in [3.05, 3.63) is 23.3 Å². The summed E-state index contributed by atoms with van der Waals surface area (Å²) in [7, 11) is 3.30. The van der Waals surface area contributed by atoms with E-state index in [0.717, 1.165) is 22.6 Å². The summed E-state index contributed by atoms with van der Waals surface area (Å²) in [6.07, 6.45) is 0. The Morgan fingerprint density at radius 2 is 1.87 bits per heavy atom. The molecule has 0 fully saturated rings. The molecular formula is C12H17ClO2. The lowest BCUT2D eigenvalue weighted by molar-refractivity contribution is 0.350. The van der Waals surface area contributed by atoms with Crippen molar-refractivity contribution in [1.82, 2.24) is 0 Å². The molecule has 0 saturated heterocycles. The molecule has 0 bridgehead atoms. The molecule has 0 spiro atoms. The van der Waals surface area contributed by atoms with Gasteiger partial charge in [-0.3, -0.25) is 0 Å². The number of hydrogen-bond donors (Lipinski definition) is 0. The third-order valence-corrected chi connectivity index (χ3v) is 2.68. The monoisotopic (exact) mass is 228 g/mol. The summed E-state index contributed by atoms with van der Waals surface area (Å²) in [5.74, 6) is 2.41. The zero-order valence-corrected chi connectivity index (χ0v) is 10.4. The second-order valence-corrected chi connectivity index (χ2v) is 3.93. The van der Waals surface area contributed by atoms with Crippen molar-refractivity contribution >= 4 is 11.6 Å². The van der Waals surface area contributed by atoms with E-state index >= 15 is 0 Å². The Hall–Kier alpha value is -0.890. The van der Waals surface area contributed by atoms with Gasteiger partial charge < -0.3 is 9.47 Å². The lowest BCUT2D eigenvalue weighted by Crippen LogP contribution is -2.01. The summed E-state index contributed by atoms with van der Waals surface area (Å²) in [6.45, 7) is 4.24. The molecule has 3 heteroatoms. The summed E-state index contributed by atoms with van der Waals surface area (Å²) in [5, 5.41) is 0. The number of benzene rings is 1. The first-order valence-corrected chi connectivity index (χ1v) is 5.48. The average Bonchev–Trinajstić information content (AvgIpc) is 2.26. The van der Waals surface area contributed by atoms with E-state index in [1.165, 1.54) is 0 Å². The van der Waals surface area contributed by atoms with Gasteiger partial charge in [-0.1, -0.05) is 19.9 Å². The van der Waals surface area contributed by atoms with Gasteiger partial charge in [0, 0.05) is 11.4 Å². The van der Waals surface area contributed by atoms with E-state index < -0.39 is 0 Å². The largest absolute Gasteiger partial charge is 0.493 e. The molecular weight excluding hydrogens is 212 g/mol. The quantitative estimate of drug-likeness (QED) is 0.734. The highest BCUT2D eigenvalue weighted by Gasteiger charge is 2.16. The van der Waals surface area contributed by atoms with Gasteiger partial charge in [-0.25, -0.2) is 0 Å². The van der Waals surface area contributed by atoms with E-state index in [1.54, 1.807) is 14.2 Å². The van der Waals surface area contributed by atoms with E-state index in [1.807, 2.05) is 12.1 Å². The molecule has 0 amide bonds. The summed E-state index contributed by atoms with van der Waals surface area (Å²) < 4.78 is 10.6. The highest BCUT2D eigenvalue weighted by Crippen LogP contribution is 2.38. The highest BCUT2D eigenvalue weighted by molar-refractivity contribution is 6.17. The van der Waals surface area contributed by atoms with Crippen LogP contribution in [-0.2, 0) is 5.88 Å². The number of rotatable bonds is 4. The maximum Gasteiger partial charge on any atom is 0.164 e. The minimum Gasteiger partial charge on any atom is -0.493 e. The minimum absolute atomic E-state index is 0.365. The van der Waals surface area contributed by atoms with Crippen LogP contribution in [-0.4, -0.2) is 14.2 Å². The molecule has 1 aromatic rings. The fourth-order valence-corrected chi connectivity index (χ4v) is 1.97. The van der Waals surface area contributed by atoms with Crippen LogP contribution in [0.15, 0.2) is 12.1 Å². The van der Waals surface area contributed by atoms with Gasteiger partial charge in [-0.15, -0.1) is 11.6 Å². The van der Waals surface area contributed by atoms with Gasteiger partial charge in [0.2, 0.25) is 0 Å². The molecule has 1 aromatic carbocycles. The predicted molar refractivity (Wildman–Crippen MR) is 63.2 cm³/mol. The fourth-order valence-electron chi connectivity index (χ4n) is 1.74. The fraction of sp³-hybridized carbons (Fsp3) is 0.500. The van der Waals surface area contributed by atoms with Gasteiger partial charge in [0.05, 0.1) is 14.2 Å². The van der Waals surface area contributed by atoms with Crippen LogP contribution in [0.5, 0.6) is 11.5 Å². The standard InChI is InChI=1S/C12H17ClO2/c1-8(2)11-9(7-13)5-6-10(14-3)12(11)15-4/h5-6,8H,7H2,1-4H3. The maximum atomic E-state index is 5.90. The van der Waals surface area contributed by atoms with Crippen LogP contribution in [0.3, 0.4) is 0 Å². The Kier molecular flexibility index (Phi) is 4.28. The van der Waals surface area contributed by atoms with Gasteiger partial charge in [0.15, 0.2) is 11.5 Å². The SMILES string of the molecule is COc1ccc(CCl)c(C(C)C)c1OC. The molecule has 0 saturated carbocycles. The molecule has 2 nitrogen and oxygen atoms in total. The van der Waals surface area contributed by atoms with E-state index in [0.29, 0.717) is 11.8 Å². The third kappa shape index (κ3) is 2.37. The van der Waals surface area contributed by atoms with Gasteiger partial charge in [0.25, 0.3) is 0 Å². The van der Waals surface area contributed by atoms with Crippen molar-refractivity contribution in [3.8, 4) is 11.5 Å². The zero-order valence-electron chi connectivity index (χ0n) is 9.63. The van der Waals surface area contributed by atoms with Crippen molar-refractivity contribution in [3.63, 3.8) is 0 Å². The van der Waals surface area contributed by atoms with Crippen LogP contribution in [0.2, 0.25) is 0 Å². The number of halogens is 1. The Morgan fingerprint density at radius 1 is 1.20 bits per heavy atom. The smallest absolute Gasteiger partial charge is 0.164 e.